The predicted molar refractivity (Wildman–Crippen MR) is 91.9 cm³/mol. The first-order valence-electron chi connectivity index (χ1n) is 8.56. The van der Waals surface area contributed by atoms with Crippen LogP contribution >= 0.6 is 0 Å². The summed E-state index contributed by atoms with van der Waals surface area (Å²) in [7, 11) is -3.80. The second kappa shape index (κ2) is 6.74. The minimum Gasteiger partial charge on any atom is -0.438 e. The number of anilines is 1. The van der Waals surface area contributed by atoms with Crippen molar-refractivity contribution in [3.63, 3.8) is 0 Å². The quantitative estimate of drug-likeness (QED) is 0.826. The maximum absolute atomic E-state index is 13.1. The summed E-state index contributed by atoms with van der Waals surface area (Å²) >= 11 is 0. The maximum atomic E-state index is 13.1. The third kappa shape index (κ3) is 3.54. The number of carbonyl (C=O) groups is 1. The van der Waals surface area contributed by atoms with Crippen LogP contribution in [-0.2, 0) is 10.0 Å². The Labute approximate surface area is 159 Å². The van der Waals surface area contributed by atoms with E-state index in [0.717, 1.165) is 19.3 Å². The molecule has 0 atom stereocenters. The van der Waals surface area contributed by atoms with E-state index in [2.05, 4.69) is 14.8 Å². The van der Waals surface area contributed by atoms with Gasteiger partial charge in [0.05, 0.1) is 0 Å². The Balaban J connectivity index is 1.48. The van der Waals surface area contributed by atoms with Crippen LogP contribution in [0.15, 0.2) is 39.8 Å². The summed E-state index contributed by atoms with van der Waals surface area (Å²) in [6.07, 6.45) is -1.24. The molecule has 1 aromatic carbocycles. The summed E-state index contributed by atoms with van der Waals surface area (Å²) in [4.78, 5) is 12.3. The highest BCUT2D eigenvalue weighted by Crippen LogP contribution is 2.42. The monoisotopic (exact) mass is 414 g/mol. The van der Waals surface area contributed by atoms with Gasteiger partial charge >= 0.3 is 6.29 Å². The van der Waals surface area contributed by atoms with Crippen molar-refractivity contribution in [1.82, 2.24) is 4.31 Å². The zero-order valence-electron chi connectivity index (χ0n) is 14.5. The Hall–Kier alpha value is -2.66. The molecule has 11 heteroatoms. The number of sulfonamides is 1. The van der Waals surface area contributed by atoms with Gasteiger partial charge in [-0.1, -0.05) is 6.42 Å². The molecular weight excluding hydrogens is 398 g/mol. The van der Waals surface area contributed by atoms with Crippen LogP contribution in [0.1, 0.15) is 29.8 Å². The number of furan rings is 1. The molecule has 8 nitrogen and oxygen atoms in total. The number of ether oxygens (including phenoxy) is 2. The first-order valence-corrected chi connectivity index (χ1v) is 10.00. The van der Waals surface area contributed by atoms with Crippen molar-refractivity contribution in [1.29, 1.82) is 0 Å². The van der Waals surface area contributed by atoms with Crippen LogP contribution in [0, 0.1) is 0 Å². The molecule has 4 rings (SSSR count). The number of halogens is 2. The highest BCUT2D eigenvalue weighted by Gasteiger charge is 2.43. The number of nitrogens with zero attached hydrogens (tertiary/aromatic N) is 1. The lowest BCUT2D eigenvalue weighted by Gasteiger charge is -2.24. The van der Waals surface area contributed by atoms with E-state index in [9.17, 15) is 22.0 Å². The van der Waals surface area contributed by atoms with Gasteiger partial charge in [-0.3, -0.25) is 4.79 Å². The SMILES string of the molecule is O=C(Nc1ccc2c(c1)OC(F)(F)O2)c1ccc(S(=O)(=O)N2CCCCC2)o1. The van der Waals surface area contributed by atoms with Crippen LogP contribution < -0.4 is 14.8 Å². The van der Waals surface area contributed by atoms with E-state index < -0.39 is 22.2 Å². The van der Waals surface area contributed by atoms with E-state index >= 15 is 0 Å². The Bertz CT molecular complexity index is 1010. The van der Waals surface area contributed by atoms with E-state index in [0.29, 0.717) is 13.1 Å². The molecule has 28 heavy (non-hydrogen) atoms. The van der Waals surface area contributed by atoms with Crippen molar-refractivity contribution < 1.29 is 35.9 Å². The van der Waals surface area contributed by atoms with Crippen molar-refractivity contribution >= 4 is 21.6 Å². The largest absolute Gasteiger partial charge is 0.586 e. The third-order valence-electron chi connectivity index (χ3n) is 4.37. The molecule has 1 aromatic heterocycles. The van der Waals surface area contributed by atoms with Crippen LogP contribution in [0.2, 0.25) is 0 Å². The van der Waals surface area contributed by atoms with E-state index in [1.807, 2.05) is 0 Å². The number of piperidine rings is 1. The summed E-state index contributed by atoms with van der Waals surface area (Å²) in [6, 6.07) is 6.20. The van der Waals surface area contributed by atoms with E-state index in [1.165, 1.54) is 34.6 Å². The number of nitrogens with one attached hydrogen (secondary N) is 1. The third-order valence-corrected chi connectivity index (χ3v) is 6.15. The van der Waals surface area contributed by atoms with Gasteiger partial charge in [-0.05, 0) is 37.1 Å². The fraction of sp³-hybridized carbons (Fsp3) is 0.353. The Morgan fingerprint density at radius 1 is 1.04 bits per heavy atom. The van der Waals surface area contributed by atoms with Crippen molar-refractivity contribution in [3.8, 4) is 11.5 Å². The second-order valence-corrected chi connectivity index (χ2v) is 8.24. The molecule has 0 radical (unpaired) electrons. The predicted octanol–water partition coefficient (Wildman–Crippen LogP) is 3.03. The van der Waals surface area contributed by atoms with Gasteiger partial charge in [-0.25, -0.2) is 8.42 Å². The molecule has 1 N–H and O–H groups in total. The average molecular weight is 414 g/mol. The second-order valence-electron chi connectivity index (χ2n) is 6.37. The van der Waals surface area contributed by atoms with Crippen molar-refractivity contribution in [2.75, 3.05) is 18.4 Å². The lowest BCUT2D eigenvalue weighted by atomic mass is 10.2. The molecule has 1 amide bonds. The first kappa shape index (κ1) is 18.7. The van der Waals surface area contributed by atoms with Crippen molar-refractivity contribution in [3.05, 3.63) is 36.1 Å². The fourth-order valence-corrected chi connectivity index (χ4v) is 4.46. The summed E-state index contributed by atoms with van der Waals surface area (Å²) in [5.74, 6) is -1.34. The number of carbonyl (C=O) groups excluding carboxylic acids is 1. The number of rotatable bonds is 4. The standard InChI is InChI=1S/C17H16F2N2O6S/c18-17(19)26-12-5-4-11(10-14(12)27-17)20-16(22)13-6-7-15(25-13)28(23,24)21-8-2-1-3-9-21/h4-7,10H,1-3,8-9H2,(H,20,22). The lowest BCUT2D eigenvalue weighted by Crippen LogP contribution is -2.35. The molecule has 1 saturated heterocycles. The van der Waals surface area contributed by atoms with Gasteiger partial charge in [0.1, 0.15) is 0 Å². The van der Waals surface area contributed by atoms with E-state index in [-0.39, 0.29) is 28.0 Å². The number of amides is 1. The normalized spacial score (nSPS) is 18.8. The van der Waals surface area contributed by atoms with Gasteiger partial charge in [-0.15, -0.1) is 8.78 Å². The zero-order chi connectivity index (χ0) is 19.9. The highest BCUT2D eigenvalue weighted by atomic mass is 32.2. The van der Waals surface area contributed by atoms with Crippen LogP contribution in [-0.4, -0.2) is 38.0 Å². The molecule has 0 aliphatic carbocycles. The molecule has 2 aliphatic heterocycles. The van der Waals surface area contributed by atoms with Gasteiger partial charge in [0, 0.05) is 24.8 Å². The number of alkyl halides is 2. The van der Waals surface area contributed by atoms with Crippen LogP contribution in [0.3, 0.4) is 0 Å². The van der Waals surface area contributed by atoms with Gasteiger partial charge in [0.25, 0.3) is 15.9 Å². The zero-order valence-corrected chi connectivity index (χ0v) is 15.3. The number of benzene rings is 1. The van der Waals surface area contributed by atoms with Crippen LogP contribution in [0.25, 0.3) is 0 Å². The van der Waals surface area contributed by atoms with Crippen molar-refractivity contribution in [2.45, 2.75) is 30.6 Å². The van der Waals surface area contributed by atoms with Gasteiger partial charge < -0.3 is 19.2 Å². The molecule has 1 fully saturated rings. The Morgan fingerprint density at radius 3 is 2.50 bits per heavy atom. The Kier molecular flexibility index (Phi) is 4.50. The highest BCUT2D eigenvalue weighted by molar-refractivity contribution is 7.89. The summed E-state index contributed by atoms with van der Waals surface area (Å²) in [5, 5.41) is 2.12. The molecular formula is C17H16F2N2O6S. The molecule has 3 heterocycles. The summed E-state index contributed by atoms with van der Waals surface area (Å²) in [6.45, 7) is 0.818. The molecule has 0 spiro atoms. The van der Waals surface area contributed by atoms with Gasteiger partial charge in [0.15, 0.2) is 17.3 Å². The van der Waals surface area contributed by atoms with Crippen LogP contribution in [0.4, 0.5) is 14.5 Å². The van der Waals surface area contributed by atoms with Crippen LogP contribution in [0.5, 0.6) is 11.5 Å². The molecule has 0 bridgehead atoms. The molecule has 2 aliphatic rings. The molecule has 0 saturated carbocycles. The maximum Gasteiger partial charge on any atom is 0.586 e. The topological polar surface area (TPSA) is 98.1 Å². The van der Waals surface area contributed by atoms with Gasteiger partial charge in [-0.2, -0.15) is 4.31 Å². The minimum atomic E-state index is -3.80. The fourth-order valence-electron chi connectivity index (χ4n) is 3.03. The number of fused-ring (bicyclic) bond motifs is 1. The summed E-state index contributed by atoms with van der Waals surface area (Å²) < 4.78 is 66.4. The van der Waals surface area contributed by atoms with E-state index in [4.69, 9.17) is 4.42 Å². The first-order chi connectivity index (χ1) is 13.2. The van der Waals surface area contributed by atoms with Gasteiger partial charge in [0.2, 0.25) is 5.09 Å². The average Bonchev–Trinajstić information content (AvgIpc) is 3.26. The number of hydrogen-bond acceptors (Lipinski definition) is 6. The summed E-state index contributed by atoms with van der Waals surface area (Å²) in [5.41, 5.74) is 0.155. The van der Waals surface area contributed by atoms with E-state index in [1.54, 1.807) is 0 Å². The molecule has 150 valence electrons. The number of hydrogen-bond donors (Lipinski definition) is 1. The Morgan fingerprint density at radius 2 is 1.75 bits per heavy atom. The van der Waals surface area contributed by atoms with Crippen molar-refractivity contribution in [2.24, 2.45) is 0 Å². The molecule has 0 unspecified atom stereocenters. The smallest absolute Gasteiger partial charge is 0.438 e. The molecule has 2 aromatic rings. The lowest BCUT2D eigenvalue weighted by molar-refractivity contribution is -0.286. The minimum absolute atomic E-state index is 0.155.